The van der Waals surface area contributed by atoms with E-state index in [9.17, 15) is 0 Å². The molecule has 25 aromatic rings. The summed E-state index contributed by atoms with van der Waals surface area (Å²) in [5.41, 5.74) is 23.4. The Labute approximate surface area is 804 Å². The highest BCUT2D eigenvalue weighted by molar-refractivity contribution is 6.14. The van der Waals surface area contributed by atoms with E-state index in [1.807, 2.05) is 303 Å². The summed E-state index contributed by atoms with van der Waals surface area (Å²) in [7, 11) is 0. The Balaban J connectivity index is 0.782. The monoisotopic (exact) mass is 1790 g/mol. The second-order valence-corrected chi connectivity index (χ2v) is 34.2. The number of fused-ring (bicyclic) bond motifs is 6. The molecule has 17 nitrogen and oxygen atoms in total. The van der Waals surface area contributed by atoms with Gasteiger partial charge in [0, 0.05) is 116 Å². The molecule has 0 N–H and O–H groups in total. The molecule has 7 heterocycles. The maximum atomic E-state index is 5.50. The molecule has 0 radical (unpaired) electrons. The lowest BCUT2D eigenvalue weighted by atomic mass is 9.94. The molecule has 0 saturated heterocycles. The first-order valence-corrected chi connectivity index (χ1v) is 46.3. The quantitative estimate of drug-likeness (QED) is 0.0696. The van der Waals surface area contributed by atoms with Crippen LogP contribution in [0.15, 0.2) is 467 Å². The van der Waals surface area contributed by atoms with Crippen LogP contribution in [0.25, 0.3) is 259 Å². The van der Waals surface area contributed by atoms with Crippen molar-refractivity contribution in [1.29, 1.82) is 0 Å². The van der Waals surface area contributed by atoms with Crippen LogP contribution in [0.1, 0.15) is 0 Å². The van der Waals surface area contributed by atoms with Gasteiger partial charge in [-0.3, -0.25) is 0 Å². The Morgan fingerprint density at radius 3 is 0.500 bits per heavy atom. The second kappa shape index (κ2) is 35.9. The van der Waals surface area contributed by atoms with Crippen LogP contribution in [0.4, 0.5) is 0 Å². The summed E-state index contributed by atoms with van der Waals surface area (Å²) in [5.74, 6) is 7.81. The van der Waals surface area contributed by atoms with Crippen LogP contribution < -0.4 is 0 Å². The topological polar surface area (TPSA) is 203 Å². The molecular formula is C123H77N17. The molecular weight excluding hydrogens is 1720 g/mol. The molecule has 0 saturated carbocycles. The highest BCUT2D eigenvalue weighted by atomic mass is 15.1. The summed E-state index contributed by atoms with van der Waals surface area (Å²) < 4.78 is 4.81. The fraction of sp³-hybridized carbons (Fsp3) is 0. The summed E-state index contributed by atoms with van der Waals surface area (Å²) in [6.07, 6.45) is 0. The Bertz CT molecular complexity index is 8330. The van der Waals surface area contributed by atoms with E-state index in [0.717, 1.165) is 172 Å². The van der Waals surface area contributed by atoms with E-state index in [4.69, 9.17) is 74.8 Å². The molecule has 18 aromatic carbocycles. The van der Waals surface area contributed by atoms with Gasteiger partial charge in [0.15, 0.2) is 87.4 Å². The number of rotatable bonds is 20. The molecule has 25 rings (SSSR count). The van der Waals surface area contributed by atoms with E-state index in [2.05, 4.69) is 173 Å². The van der Waals surface area contributed by atoms with Gasteiger partial charge in [0.2, 0.25) is 0 Å². The van der Waals surface area contributed by atoms with Crippen molar-refractivity contribution in [3.63, 3.8) is 0 Å². The minimum Gasteiger partial charge on any atom is -0.309 e. The number of aromatic nitrogens is 17. The molecule has 0 amide bonds. The van der Waals surface area contributed by atoms with Crippen molar-refractivity contribution in [1.82, 2.24) is 83.9 Å². The first-order valence-electron chi connectivity index (χ1n) is 46.3. The van der Waals surface area contributed by atoms with Gasteiger partial charge in [0.25, 0.3) is 0 Å². The molecule has 7 aromatic heterocycles. The summed E-state index contributed by atoms with van der Waals surface area (Å²) in [5, 5.41) is 3.59. The van der Waals surface area contributed by atoms with E-state index < -0.39 is 0 Å². The molecule has 654 valence electrons. The minimum absolute atomic E-state index is 0.466. The van der Waals surface area contributed by atoms with E-state index in [-0.39, 0.29) is 0 Å². The van der Waals surface area contributed by atoms with Gasteiger partial charge >= 0.3 is 0 Å². The molecule has 0 spiro atoms. The number of nitrogens with zero attached hydrogens (tertiary/aromatic N) is 17. The summed E-state index contributed by atoms with van der Waals surface area (Å²) in [6.45, 7) is 0. The maximum Gasteiger partial charge on any atom is 0.164 e. The number of hydrogen-bond acceptors (Lipinski definition) is 15. The van der Waals surface area contributed by atoms with Gasteiger partial charge in [0.1, 0.15) is 0 Å². The zero-order valence-electron chi connectivity index (χ0n) is 75.1. The third kappa shape index (κ3) is 16.0. The van der Waals surface area contributed by atoms with Gasteiger partial charge in [-0.15, -0.1) is 0 Å². The van der Waals surface area contributed by atoms with Crippen molar-refractivity contribution < 1.29 is 0 Å². The molecule has 0 aliphatic rings. The maximum absolute atomic E-state index is 5.50. The SMILES string of the molecule is c1ccc(-c2ccc(-c3ccc(-c4cc(-c5nc(-c6ccccc6)nc(-c6ccccc6)n5)ccc4-n4c5ccc(-c6nc(-c7ccccc7)nc(-c7ccccc7)n6)cc5c5cc(-c6nc(-c7ccccc7)nc(-c7ccccc7)n6)ccc54)c(-n4c5ccc(-c6nc(-c7ccccc7)nc(-c7ccccc7)n6)cc5c5cc(-c6nc(-c7ccccc7)nc(-c7ccccc7)n6)ccc54)c3)cc2)cc1. The Hall–Kier alpha value is -19.4. The molecule has 140 heavy (non-hydrogen) atoms. The van der Waals surface area contributed by atoms with E-state index >= 15 is 0 Å². The molecule has 0 fully saturated rings. The van der Waals surface area contributed by atoms with Gasteiger partial charge in [0.05, 0.1) is 33.4 Å². The summed E-state index contributed by atoms with van der Waals surface area (Å²) >= 11 is 0. The van der Waals surface area contributed by atoms with Crippen LogP contribution in [0, 0.1) is 0 Å². The van der Waals surface area contributed by atoms with Gasteiger partial charge in [-0.2, -0.15) is 0 Å². The second-order valence-electron chi connectivity index (χ2n) is 34.2. The third-order valence-electron chi connectivity index (χ3n) is 25.4. The van der Waals surface area contributed by atoms with Crippen molar-refractivity contribution in [3.8, 4) is 216 Å². The van der Waals surface area contributed by atoms with Crippen molar-refractivity contribution in [2.24, 2.45) is 0 Å². The molecule has 0 unspecified atom stereocenters. The summed E-state index contributed by atoms with van der Waals surface area (Å²) in [4.78, 5) is 80.0. The van der Waals surface area contributed by atoms with Crippen molar-refractivity contribution in [2.75, 3.05) is 0 Å². The van der Waals surface area contributed by atoms with Gasteiger partial charge in [-0.1, -0.05) is 370 Å². The first-order chi connectivity index (χ1) is 69.3. The minimum atomic E-state index is 0.466. The van der Waals surface area contributed by atoms with Gasteiger partial charge in [-0.05, 0) is 119 Å². The predicted molar refractivity (Wildman–Crippen MR) is 560 cm³/mol. The lowest BCUT2D eigenvalue weighted by Gasteiger charge is -2.21. The highest BCUT2D eigenvalue weighted by Crippen LogP contribution is 2.48. The fourth-order valence-electron chi connectivity index (χ4n) is 18.5. The van der Waals surface area contributed by atoms with Gasteiger partial charge < -0.3 is 9.13 Å². The normalized spacial score (nSPS) is 11.4. The van der Waals surface area contributed by atoms with Crippen LogP contribution in [0.5, 0.6) is 0 Å². The van der Waals surface area contributed by atoms with E-state index in [1.54, 1.807) is 0 Å². The molecule has 0 bridgehead atoms. The molecule has 17 heteroatoms. The standard InChI is InChI=1S/C123H77N17/c1-12-34-78(35-13-1)79-56-58-80(59-57-79)91-60-66-97(108(77-91)140-106-70-64-95(122-135-115(87-48-26-8-27-49-87)127-116(136-122)88-50-28-9-29-51-88)75-101(106)102-76-96(65-71-107(102)140)123-137-117(89-52-30-10-31-53-89)128-118(138-123)90-54-32-11-33-55-90)98-72-92(119-129-109(81-36-14-2-15-37-81)124-110(130-119)82-38-16-3-17-39-82)61-67-103(98)139-104-68-62-93(120-131-111(83-40-18-4-19-41-83)125-112(132-120)84-42-20-5-21-43-84)73-99(104)100-74-94(63-69-105(100)139)121-133-113(85-44-22-6-23-45-85)126-114(134-121)86-46-24-7-25-47-86/h1-77H. The van der Waals surface area contributed by atoms with Crippen molar-refractivity contribution >= 4 is 43.6 Å². The zero-order chi connectivity index (χ0) is 92.8. The van der Waals surface area contributed by atoms with E-state index in [0.29, 0.717) is 87.4 Å². The predicted octanol–water partition coefficient (Wildman–Crippen LogP) is 28.8. The van der Waals surface area contributed by atoms with Crippen molar-refractivity contribution in [3.05, 3.63) is 467 Å². The molecule has 0 aliphatic heterocycles. The molecule has 0 atom stereocenters. The van der Waals surface area contributed by atoms with Crippen LogP contribution in [-0.2, 0) is 0 Å². The average molecular weight is 1790 g/mol. The van der Waals surface area contributed by atoms with Crippen LogP contribution in [0.3, 0.4) is 0 Å². The van der Waals surface area contributed by atoms with Gasteiger partial charge in [-0.25, -0.2) is 74.8 Å². The molecule has 0 aliphatic carbocycles. The fourth-order valence-corrected chi connectivity index (χ4v) is 18.5. The largest absolute Gasteiger partial charge is 0.309 e. The number of hydrogen-bond donors (Lipinski definition) is 0. The Morgan fingerprint density at radius 1 is 0.107 bits per heavy atom. The van der Waals surface area contributed by atoms with E-state index in [1.165, 1.54) is 0 Å². The Kier molecular flexibility index (Phi) is 21.1. The number of benzene rings is 18. The Morgan fingerprint density at radius 2 is 0.271 bits per heavy atom. The van der Waals surface area contributed by atoms with Crippen LogP contribution >= 0.6 is 0 Å². The van der Waals surface area contributed by atoms with Crippen LogP contribution in [-0.4, -0.2) is 83.9 Å². The highest BCUT2D eigenvalue weighted by Gasteiger charge is 2.28. The lowest BCUT2D eigenvalue weighted by Crippen LogP contribution is -2.04. The lowest BCUT2D eigenvalue weighted by molar-refractivity contribution is 1.07. The summed E-state index contributed by atoms with van der Waals surface area (Å²) in [6, 6.07) is 160. The first kappa shape index (κ1) is 82.5. The average Bonchev–Trinajstić information content (AvgIpc) is 1.60. The zero-order valence-corrected chi connectivity index (χ0v) is 75.1. The van der Waals surface area contributed by atoms with Crippen LogP contribution in [0.2, 0.25) is 0 Å². The third-order valence-corrected chi connectivity index (χ3v) is 25.4. The smallest absolute Gasteiger partial charge is 0.164 e. The van der Waals surface area contributed by atoms with Crippen molar-refractivity contribution in [2.45, 2.75) is 0 Å².